The van der Waals surface area contributed by atoms with Crippen LogP contribution in [-0.4, -0.2) is 13.7 Å². The first-order valence-electron chi connectivity index (χ1n) is 4.23. The molecule has 0 radical (unpaired) electrons. The molecule has 0 aromatic carbocycles. The van der Waals surface area contributed by atoms with Gasteiger partial charge in [0.05, 0.1) is 0 Å². The summed E-state index contributed by atoms with van der Waals surface area (Å²) in [5.74, 6) is 0. The highest BCUT2D eigenvalue weighted by Crippen LogP contribution is 2.25. The quantitative estimate of drug-likeness (QED) is 0.625. The van der Waals surface area contributed by atoms with Crippen LogP contribution in [0, 0.1) is 0 Å². The lowest BCUT2D eigenvalue weighted by atomic mass is 10.5. The third kappa shape index (κ3) is 1.33. The highest BCUT2D eigenvalue weighted by molar-refractivity contribution is 6.91. The summed E-state index contributed by atoms with van der Waals surface area (Å²) in [6.07, 6.45) is 5.47. The molecule has 2 N–H and O–H groups in total. The summed E-state index contributed by atoms with van der Waals surface area (Å²) in [7, 11) is -1.33. The molecule has 0 bridgehead atoms. The molecule has 1 heterocycles. The third-order valence-electron chi connectivity index (χ3n) is 2.85. The van der Waals surface area contributed by atoms with Crippen LogP contribution in [0.1, 0.15) is 20.3 Å². The van der Waals surface area contributed by atoms with E-state index in [-0.39, 0.29) is 0 Å². The fraction of sp³-hybridized carbons (Fsp3) is 0.556. The second-order valence-corrected chi connectivity index (χ2v) is 7.94. The monoisotopic (exact) mass is 167 g/mol. The van der Waals surface area contributed by atoms with E-state index >= 15 is 0 Å². The van der Waals surface area contributed by atoms with Crippen LogP contribution in [0.5, 0.6) is 0 Å². The number of nitrogens with two attached hydrogens (primary N) is 1. The zero-order valence-electron chi connectivity index (χ0n) is 7.59. The Kier molecular flexibility index (Phi) is 2.35. The highest BCUT2D eigenvalue weighted by atomic mass is 28.3. The van der Waals surface area contributed by atoms with Crippen molar-refractivity contribution in [1.82, 2.24) is 0 Å². The molecule has 1 nitrogen and oxygen atoms in total. The fourth-order valence-electron chi connectivity index (χ4n) is 1.54. The molecule has 1 aliphatic rings. The highest BCUT2D eigenvalue weighted by Gasteiger charge is 2.34. The second kappa shape index (κ2) is 2.95. The summed E-state index contributed by atoms with van der Waals surface area (Å²) in [6.45, 7) is 6.72. The second-order valence-electron chi connectivity index (χ2n) is 3.51. The predicted octanol–water partition coefficient (Wildman–Crippen LogP) is 1.94. The van der Waals surface area contributed by atoms with Gasteiger partial charge in [0.2, 0.25) is 0 Å². The van der Waals surface area contributed by atoms with E-state index < -0.39 is 8.07 Å². The molecule has 0 amide bonds. The number of rotatable bonds is 2. The molecule has 62 valence electrons. The summed E-state index contributed by atoms with van der Waals surface area (Å²) in [5.41, 5.74) is 8.82. The molecule has 11 heavy (non-hydrogen) atoms. The molecule has 2 unspecified atom stereocenters. The normalized spacial score (nSPS) is 32.2. The van der Waals surface area contributed by atoms with E-state index in [1.807, 2.05) is 0 Å². The van der Waals surface area contributed by atoms with Crippen molar-refractivity contribution in [3.05, 3.63) is 23.0 Å². The molecule has 1 aliphatic heterocycles. The minimum Gasteiger partial charge on any atom is -0.329 e. The van der Waals surface area contributed by atoms with E-state index in [1.54, 1.807) is 0 Å². The molecule has 0 spiro atoms. The average molecular weight is 167 g/mol. The molecular formula is C9H17NSi. The van der Waals surface area contributed by atoms with Crippen molar-refractivity contribution in [2.75, 3.05) is 0 Å². The van der Waals surface area contributed by atoms with Gasteiger partial charge in [0.15, 0.2) is 0 Å². The Bertz CT molecular complexity index is 208. The summed E-state index contributed by atoms with van der Waals surface area (Å²) in [4.78, 5) is 0. The summed E-state index contributed by atoms with van der Waals surface area (Å²) < 4.78 is 0. The van der Waals surface area contributed by atoms with Gasteiger partial charge in [-0.25, -0.2) is 0 Å². The zero-order chi connectivity index (χ0) is 8.48. The van der Waals surface area contributed by atoms with Crippen molar-refractivity contribution in [2.45, 2.75) is 32.5 Å². The maximum Gasteiger partial charge on any atom is 0.118 e. The molecule has 0 saturated heterocycles. The third-order valence-corrected chi connectivity index (χ3v) is 7.55. The smallest absolute Gasteiger partial charge is 0.118 e. The Morgan fingerprint density at radius 2 is 2.27 bits per heavy atom. The Morgan fingerprint density at radius 1 is 1.64 bits per heavy atom. The predicted molar refractivity (Wildman–Crippen MR) is 52.8 cm³/mol. The molecule has 0 aromatic heterocycles. The van der Waals surface area contributed by atoms with Crippen LogP contribution in [0.4, 0.5) is 0 Å². The van der Waals surface area contributed by atoms with E-state index in [0.29, 0.717) is 5.67 Å². The van der Waals surface area contributed by atoms with E-state index in [2.05, 4.69) is 38.2 Å². The molecule has 2 atom stereocenters. The van der Waals surface area contributed by atoms with Crippen molar-refractivity contribution in [3.8, 4) is 0 Å². The van der Waals surface area contributed by atoms with Crippen molar-refractivity contribution in [3.63, 3.8) is 0 Å². The van der Waals surface area contributed by atoms with Gasteiger partial charge in [-0.15, -0.1) is 0 Å². The van der Waals surface area contributed by atoms with E-state index in [9.17, 15) is 0 Å². The number of hydrogen-bond acceptors (Lipinski definition) is 1. The zero-order valence-corrected chi connectivity index (χ0v) is 8.59. The van der Waals surface area contributed by atoms with Crippen LogP contribution in [0.15, 0.2) is 23.0 Å². The molecular weight excluding hydrogens is 150 g/mol. The maximum atomic E-state index is 6.07. The maximum absolute atomic E-state index is 6.07. The van der Waals surface area contributed by atoms with E-state index in [1.165, 1.54) is 5.20 Å². The Hall–Kier alpha value is -0.343. The fourth-order valence-corrected chi connectivity index (χ4v) is 4.44. The molecule has 1 rings (SSSR count). The van der Waals surface area contributed by atoms with Gasteiger partial charge in [0, 0.05) is 5.67 Å². The van der Waals surface area contributed by atoms with Crippen molar-refractivity contribution < 1.29 is 0 Å². The van der Waals surface area contributed by atoms with Gasteiger partial charge in [-0.1, -0.05) is 36.5 Å². The van der Waals surface area contributed by atoms with Crippen LogP contribution in [0.2, 0.25) is 6.55 Å². The first kappa shape index (κ1) is 8.75. The Labute approximate surface area is 70.0 Å². The topological polar surface area (TPSA) is 26.0 Å². The number of hydrogen-bond donors (Lipinski definition) is 1. The van der Waals surface area contributed by atoms with Crippen molar-refractivity contribution in [2.24, 2.45) is 5.73 Å². The molecule has 0 saturated carbocycles. The van der Waals surface area contributed by atoms with Crippen LogP contribution in [0.3, 0.4) is 0 Å². The van der Waals surface area contributed by atoms with Gasteiger partial charge in [0.1, 0.15) is 8.07 Å². The minimum atomic E-state index is -1.33. The van der Waals surface area contributed by atoms with Gasteiger partial charge in [-0.3, -0.25) is 0 Å². The number of allylic oxidation sites excluding steroid dienone is 3. The molecule has 2 heteroatoms. The van der Waals surface area contributed by atoms with Gasteiger partial charge < -0.3 is 5.73 Å². The Balaban J connectivity index is 2.83. The van der Waals surface area contributed by atoms with Crippen LogP contribution >= 0.6 is 0 Å². The first-order valence-corrected chi connectivity index (χ1v) is 6.89. The molecule has 0 aliphatic carbocycles. The van der Waals surface area contributed by atoms with Gasteiger partial charge in [0.25, 0.3) is 0 Å². The molecule has 0 aromatic rings. The molecule has 0 fully saturated rings. The summed E-state index contributed by atoms with van der Waals surface area (Å²) in [6, 6.07) is 0. The van der Waals surface area contributed by atoms with Crippen LogP contribution in [-0.2, 0) is 0 Å². The lowest BCUT2D eigenvalue weighted by molar-refractivity contribution is 0.826. The lowest BCUT2D eigenvalue weighted by Gasteiger charge is -2.28. The van der Waals surface area contributed by atoms with E-state index in [0.717, 1.165) is 6.42 Å². The SMILES string of the molecule is CCC(N)[Si]1(C)C=CC=C1C. The van der Waals surface area contributed by atoms with Crippen molar-refractivity contribution in [1.29, 1.82) is 0 Å². The summed E-state index contributed by atoms with van der Waals surface area (Å²) >= 11 is 0. The lowest BCUT2D eigenvalue weighted by Crippen LogP contribution is -2.49. The van der Waals surface area contributed by atoms with Gasteiger partial charge in [-0.2, -0.15) is 0 Å². The standard InChI is InChI=1S/C9H17NSi/c1-4-9(10)11(3)7-5-6-8(11)2/h5-7,9H,4,10H2,1-3H3. The Morgan fingerprint density at radius 3 is 2.64 bits per heavy atom. The van der Waals surface area contributed by atoms with Crippen LogP contribution in [0.25, 0.3) is 0 Å². The van der Waals surface area contributed by atoms with E-state index in [4.69, 9.17) is 5.73 Å². The van der Waals surface area contributed by atoms with Crippen LogP contribution < -0.4 is 5.73 Å². The minimum absolute atomic E-state index is 0.400. The summed E-state index contributed by atoms with van der Waals surface area (Å²) in [5, 5.41) is 1.52. The largest absolute Gasteiger partial charge is 0.329 e. The average Bonchev–Trinajstić information content (AvgIpc) is 2.32. The van der Waals surface area contributed by atoms with Crippen molar-refractivity contribution >= 4 is 8.07 Å². The van der Waals surface area contributed by atoms with Gasteiger partial charge >= 0.3 is 0 Å². The first-order chi connectivity index (χ1) is 5.11. The van der Waals surface area contributed by atoms with Gasteiger partial charge in [-0.05, 0) is 13.3 Å².